The van der Waals surface area contributed by atoms with E-state index >= 15 is 0 Å². The van der Waals surface area contributed by atoms with Gasteiger partial charge in [-0.25, -0.2) is 13.1 Å². The van der Waals surface area contributed by atoms with E-state index in [1.54, 1.807) is 30.3 Å². The van der Waals surface area contributed by atoms with Crippen LogP contribution in [0.2, 0.25) is 0 Å². The minimum Gasteiger partial charge on any atom is -0.393 e. The van der Waals surface area contributed by atoms with Crippen LogP contribution in [0.25, 0.3) is 0 Å². The summed E-state index contributed by atoms with van der Waals surface area (Å²) in [5.74, 6) is 0. The number of aliphatic hydroxyl groups is 1. The van der Waals surface area contributed by atoms with Gasteiger partial charge in [-0.3, -0.25) is 0 Å². The van der Waals surface area contributed by atoms with Crippen LogP contribution in [0.1, 0.15) is 25.7 Å². The lowest BCUT2D eigenvalue weighted by Gasteiger charge is -2.26. The zero-order chi connectivity index (χ0) is 12.3. The second kappa shape index (κ2) is 5.16. The van der Waals surface area contributed by atoms with Gasteiger partial charge in [-0.1, -0.05) is 18.2 Å². The van der Waals surface area contributed by atoms with E-state index in [2.05, 4.69) is 4.72 Å². The molecular formula is C12H17NO3S. The van der Waals surface area contributed by atoms with Crippen molar-refractivity contribution in [2.45, 2.75) is 42.7 Å². The van der Waals surface area contributed by atoms with Gasteiger partial charge in [0, 0.05) is 6.04 Å². The van der Waals surface area contributed by atoms with Gasteiger partial charge in [-0.05, 0) is 37.8 Å². The van der Waals surface area contributed by atoms with Crippen LogP contribution in [-0.4, -0.2) is 25.7 Å². The topological polar surface area (TPSA) is 66.4 Å². The Labute approximate surface area is 102 Å². The molecule has 1 aromatic carbocycles. The first-order chi connectivity index (χ1) is 8.08. The summed E-state index contributed by atoms with van der Waals surface area (Å²) in [4.78, 5) is 0.278. The van der Waals surface area contributed by atoms with Crippen LogP contribution in [0.3, 0.4) is 0 Å². The molecule has 0 amide bonds. The third-order valence-corrected chi connectivity index (χ3v) is 4.56. The molecule has 2 atom stereocenters. The van der Waals surface area contributed by atoms with Gasteiger partial charge in [0.25, 0.3) is 0 Å². The van der Waals surface area contributed by atoms with Crippen molar-refractivity contribution < 1.29 is 13.5 Å². The number of sulfonamides is 1. The molecule has 0 spiro atoms. The smallest absolute Gasteiger partial charge is 0.240 e. The highest BCUT2D eigenvalue weighted by Crippen LogP contribution is 2.20. The quantitative estimate of drug-likeness (QED) is 0.854. The summed E-state index contributed by atoms with van der Waals surface area (Å²) in [5.41, 5.74) is 0. The molecule has 0 aliphatic heterocycles. The maximum Gasteiger partial charge on any atom is 0.240 e. The van der Waals surface area contributed by atoms with Crippen LogP contribution in [0.4, 0.5) is 0 Å². The first-order valence-electron chi connectivity index (χ1n) is 5.83. The van der Waals surface area contributed by atoms with E-state index in [0.717, 1.165) is 19.3 Å². The molecule has 1 aliphatic carbocycles. The zero-order valence-corrected chi connectivity index (χ0v) is 10.4. The van der Waals surface area contributed by atoms with Gasteiger partial charge in [-0.15, -0.1) is 0 Å². The lowest BCUT2D eigenvalue weighted by Crippen LogP contribution is -2.39. The number of rotatable bonds is 3. The highest BCUT2D eigenvalue weighted by Gasteiger charge is 2.25. The van der Waals surface area contributed by atoms with Crippen LogP contribution < -0.4 is 4.72 Å². The van der Waals surface area contributed by atoms with Crippen LogP contribution in [-0.2, 0) is 10.0 Å². The molecular weight excluding hydrogens is 238 g/mol. The molecule has 17 heavy (non-hydrogen) atoms. The van der Waals surface area contributed by atoms with Crippen molar-refractivity contribution in [3.05, 3.63) is 30.3 Å². The lowest BCUT2D eigenvalue weighted by atomic mass is 9.94. The third kappa shape index (κ3) is 3.28. The van der Waals surface area contributed by atoms with Crippen molar-refractivity contribution >= 4 is 10.0 Å². The summed E-state index contributed by atoms with van der Waals surface area (Å²) >= 11 is 0. The van der Waals surface area contributed by atoms with Gasteiger partial charge in [0.15, 0.2) is 0 Å². The lowest BCUT2D eigenvalue weighted by molar-refractivity contribution is 0.117. The van der Waals surface area contributed by atoms with E-state index in [-0.39, 0.29) is 17.0 Å². The summed E-state index contributed by atoms with van der Waals surface area (Å²) in [6.45, 7) is 0. The van der Waals surface area contributed by atoms with Crippen LogP contribution >= 0.6 is 0 Å². The van der Waals surface area contributed by atoms with Gasteiger partial charge < -0.3 is 5.11 Å². The summed E-state index contributed by atoms with van der Waals surface area (Å²) in [7, 11) is -3.44. The Kier molecular flexibility index (Phi) is 3.81. The number of aliphatic hydroxyl groups excluding tert-OH is 1. The highest BCUT2D eigenvalue weighted by atomic mass is 32.2. The van der Waals surface area contributed by atoms with Crippen LogP contribution in [0.5, 0.6) is 0 Å². The maximum atomic E-state index is 12.0. The van der Waals surface area contributed by atoms with E-state index in [4.69, 9.17) is 0 Å². The van der Waals surface area contributed by atoms with E-state index < -0.39 is 10.0 Å². The number of benzene rings is 1. The predicted molar refractivity (Wildman–Crippen MR) is 65.0 cm³/mol. The third-order valence-electron chi connectivity index (χ3n) is 3.02. The fraction of sp³-hybridized carbons (Fsp3) is 0.500. The minimum atomic E-state index is -3.44. The Morgan fingerprint density at radius 3 is 2.53 bits per heavy atom. The minimum absolute atomic E-state index is 0.149. The average Bonchev–Trinajstić information content (AvgIpc) is 2.29. The molecule has 1 fully saturated rings. The molecule has 0 bridgehead atoms. The van der Waals surface area contributed by atoms with Crippen LogP contribution in [0, 0.1) is 0 Å². The van der Waals surface area contributed by atoms with Gasteiger partial charge in [0.1, 0.15) is 0 Å². The Hall–Kier alpha value is -0.910. The Bertz CT molecular complexity index is 458. The molecule has 0 unspecified atom stereocenters. The van der Waals surface area contributed by atoms with E-state index in [1.165, 1.54) is 0 Å². The summed E-state index contributed by atoms with van der Waals surface area (Å²) < 4.78 is 26.7. The number of nitrogens with one attached hydrogen (secondary N) is 1. The van der Waals surface area contributed by atoms with E-state index in [1.807, 2.05) is 0 Å². The van der Waals surface area contributed by atoms with Gasteiger partial charge >= 0.3 is 0 Å². The second-order valence-corrected chi connectivity index (χ2v) is 6.17. The Morgan fingerprint density at radius 2 is 1.88 bits per heavy atom. The summed E-state index contributed by atoms with van der Waals surface area (Å²) in [6.07, 6.45) is 2.55. The zero-order valence-electron chi connectivity index (χ0n) is 9.54. The van der Waals surface area contributed by atoms with Crippen molar-refractivity contribution in [1.29, 1.82) is 0 Å². The Balaban J connectivity index is 2.07. The van der Waals surface area contributed by atoms with Gasteiger partial charge in [0.2, 0.25) is 10.0 Å². The normalized spacial score (nSPS) is 25.7. The van der Waals surface area contributed by atoms with Crippen molar-refractivity contribution in [1.82, 2.24) is 4.72 Å². The molecule has 1 aromatic rings. The summed E-state index contributed by atoms with van der Waals surface area (Å²) in [5, 5.41) is 9.51. The largest absolute Gasteiger partial charge is 0.393 e. The van der Waals surface area contributed by atoms with Crippen molar-refractivity contribution in [3.8, 4) is 0 Å². The molecule has 1 aliphatic rings. The molecule has 0 aromatic heterocycles. The second-order valence-electron chi connectivity index (χ2n) is 4.45. The maximum absolute atomic E-state index is 12.0. The first kappa shape index (κ1) is 12.5. The molecule has 2 rings (SSSR count). The fourth-order valence-corrected chi connectivity index (χ4v) is 3.46. The molecule has 0 radical (unpaired) electrons. The molecule has 4 nitrogen and oxygen atoms in total. The molecule has 2 N–H and O–H groups in total. The van der Waals surface area contributed by atoms with Crippen molar-refractivity contribution in [2.75, 3.05) is 0 Å². The Morgan fingerprint density at radius 1 is 1.18 bits per heavy atom. The summed E-state index contributed by atoms with van der Waals surface area (Å²) in [6, 6.07) is 8.17. The molecule has 94 valence electrons. The van der Waals surface area contributed by atoms with Gasteiger partial charge in [0.05, 0.1) is 11.0 Å². The standard InChI is InChI=1S/C12H17NO3S/c14-11-6-4-5-10(9-11)13-17(15,16)12-7-2-1-3-8-12/h1-3,7-8,10-11,13-14H,4-6,9H2/t10-,11-/m0/s1. The fourth-order valence-electron chi connectivity index (χ4n) is 2.16. The van der Waals surface area contributed by atoms with Crippen molar-refractivity contribution in [3.63, 3.8) is 0 Å². The monoisotopic (exact) mass is 255 g/mol. The first-order valence-corrected chi connectivity index (χ1v) is 7.32. The van der Waals surface area contributed by atoms with Crippen LogP contribution in [0.15, 0.2) is 35.2 Å². The molecule has 0 heterocycles. The molecule has 5 heteroatoms. The molecule has 0 saturated heterocycles. The van der Waals surface area contributed by atoms with E-state index in [9.17, 15) is 13.5 Å². The SMILES string of the molecule is O=S(=O)(N[C@H]1CCC[C@H](O)C1)c1ccccc1. The van der Waals surface area contributed by atoms with Gasteiger partial charge in [-0.2, -0.15) is 0 Å². The number of hydrogen-bond acceptors (Lipinski definition) is 3. The highest BCUT2D eigenvalue weighted by molar-refractivity contribution is 7.89. The predicted octanol–water partition coefficient (Wildman–Crippen LogP) is 1.27. The molecule has 1 saturated carbocycles. The number of hydrogen-bond donors (Lipinski definition) is 2. The average molecular weight is 255 g/mol. The van der Waals surface area contributed by atoms with Crippen molar-refractivity contribution in [2.24, 2.45) is 0 Å². The van der Waals surface area contributed by atoms with E-state index in [0.29, 0.717) is 6.42 Å².